The normalized spacial score (nSPS) is 14.2. The SMILES string of the molecule is CN(C)S(=O)(=O)c1cc2c(s1)SCC(=O)N2CC(=O)NCCCc1ccccc1. The third kappa shape index (κ3) is 5.19. The van der Waals surface area contributed by atoms with Crippen LogP contribution >= 0.6 is 23.1 Å². The van der Waals surface area contributed by atoms with Gasteiger partial charge in [0.2, 0.25) is 11.8 Å². The average Bonchev–Trinajstić information content (AvgIpc) is 3.14. The molecule has 0 radical (unpaired) electrons. The number of carbonyl (C=O) groups is 2. The van der Waals surface area contributed by atoms with Crippen molar-refractivity contribution in [2.45, 2.75) is 21.3 Å². The quantitative estimate of drug-likeness (QED) is 0.619. The molecule has 3 rings (SSSR count). The van der Waals surface area contributed by atoms with Crippen molar-refractivity contribution in [3.63, 3.8) is 0 Å². The molecule has 0 saturated heterocycles. The maximum atomic E-state index is 12.4. The molecule has 0 unspecified atom stereocenters. The number of nitrogens with one attached hydrogen (secondary N) is 1. The minimum atomic E-state index is -3.58. The first-order valence-electron chi connectivity index (χ1n) is 9.09. The summed E-state index contributed by atoms with van der Waals surface area (Å²) in [6.45, 7) is 0.400. The number of sulfonamides is 1. The molecule has 0 atom stereocenters. The van der Waals surface area contributed by atoms with Gasteiger partial charge in [-0.1, -0.05) is 30.3 Å². The molecule has 0 aliphatic carbocycles. The topological polar surface area (TPSA) is 86.8 Å². The van der Waals surface area contributed by atoms with Crippen molar-refractivity contribution in [3.05, 3.63) is 42.0 Å². The van der Waals surface area contributed by atoms with Crippen LogP contribution < -0.4 is 10.2 Å². The highest BCUT2D eigenvalue weighted by atomic mass is 32.3. The van der Waals surface area contributed by atoms with Gasteiger partial charge in [-0.15, -0.1) is 23.1 Å². The summed E-state index contributed by atoms with van der Waals surface area (Å²) in [5.74, 6) is -0.267. The standard InChI is InChI=1S/C19H23N3O4S3/c1-21(2)29(25,26)18-11-15-19(28-18)27-13-17(24)22(15)12-16(23)20-10-6-9-14-7-4-3-5-8-14/h3-5,7-8,11H,6,9-10,12-13H2,1-2H3,(H,20,23). The molecule has 7 nitrogen and oxygen atoms in total. The molecule has 1 aliphatic rings. The van der Waals surface area contributed by atoms with Gasteiger partial charge < -0.3 is 10.2 Å². The summed E-state index contributed by atoms with van der Waals surface area (Å²) >= 11 is 2.44. The van der Waals surface area contributed by atoms with Crippen LogP contribution in [0.25, 0.3) is 0 Å². The van der Waals surface area contributed by atoms with Gasteiger partial charge >= 0.3 is 0 Å². The number of amides is 2. The van der Waals surface area contributed by atoms with E-state index in [1.54, 1.807) is 0 Å². The fourth-order valence-corrected chi connectivity index (χ4v) is 6.75. The lowest BCUT2D eigenvalue weighted by Gasteiger charge is -2.25. The van der Waals surface area contributed by atoms with Crippen LogP contribution in [0.15, 0.2) is 44.8 Å². The van der Waals surface area contributed by atoms with Crippen LogP contribution in [0.3, 0.4) is 0 Å². The van der Waals surface area contributed by atoms with Gasteiger partial charge in [0.15, 0.2) is 0 Å². The monoisotopic (exact) mass is 453 g/mol. The van der Waals surface area contributed by atoms with E-state index in [1.807, 2.05) is 30.3 Å². The van der Waals surface area contributed by atoms with E-state index >= 15 is 0 Å². The predicted molar refractivity (Wildman–Crippen MR) is 116 cm³/mol. The molecule has 10 heteroatoms. The lowest BCUT2D eigenvalue weighted by atomic mass is 10.1. The van der Waals surface area contributed by atoms with Gasteiger partial charge in [-0.25, -0.2) is 12.7 Å². The molecule has 2 aromatic rings. The Hall–Kier alpha value is -1.88. The Morgan fingerprint density at radius 1 is 1.24 bits per heavy atom. The lowest BCUT2D eigenvalue weighted by molar-refractivity contribution is -0.122. The third-order valence-corrected chi connectivity index (χ3v) is 9.07. The molecule has 0 fully saturated rings. The second-order valence-electron chi connectivity index (χ2n) is 6.73. The number of hydrogen-bond acceptors (Lipinski definition) is 6. The van der Waals surface area contributed by atoms with Crippen molar-refractivity contribution in [1.82, 2.24) is 9.62 Å². The van der Waals surface area contributed by atoms with Crippen molar-refractivity contribution in [1.29, 1.82) is 0 Å². The fraction of sp³-hybridized carbons (Fsp3) is 0.368. The summed E-state index contributed by atoms with van der Waals surface area (Å²) in [7, 11) is -0.654. The molecule has 156 valence electrons. The predicted octanol–water partition coefficient (Wildman–Crippen LogP) is 2.19. The smallest absolute Gasteiger partial charge is 0.252 e. The minimum Gasteiger partial charge on any atom is -0.355 e. The van der Waals surface area contributed by atoms with Crippen LogP contribution in [-0.2, 0) is 26.0 Å². The Morgan fingerprint density at radius 3 is 2.66 bits per heavy atom. The maximum Gasteiger partial charge on any atom is 0.252 e. The first-order chi connectivity index (χ1) is 13.8. The summed E-state index contributed by atoms with van der Waals surface area (Å²) in [4.78, 5) is 26.1. The van der Waals surface area contributed by atoms with Crippen molar-refractivity contribution in [2.24, 2.45) is 0 Å². The Bertz CT molecular complexity index is 987. The van der Waals surface area contributed by atoms with Gasteiger partial charge in [-0.3, -0.25) is 9.59 Å². The number of nitrogens with zero attached hydrogens (tertiary/aromatic N) is 2. The number of benzene rings is 1. The first-order valence-corrected chi connectivity index (χ1v) is 12.3. The zero-order chi connectivity index (χ0) is 21.0. The summed E-state index contributed by atoms with van der Waals surface area (Å²) < 4.78 is 26.8. The summed E-state index contributed by atoms with van der Waals surface area (Å²) in [6.07, 6.45) is 1.66. The van der Waals surface area contributed by atoms with Crippen LogP contribution in [-0.4, -0.2) is 57.5 Å². The number of thiophene rings is 1. The van der Waals surface area contributed by atoms with Gasteiger partial charge in [-0.2, -0.15) is 0 Å². The van der Waals surface area contributed by atoms with Gasteiger partial charge in [0.25, 0.3) is 10.0 Å². The number of rotatable bonds is 8. The minimum absolute atomic E-state index is 0.115. The Kier molecular flexibility index (Phi) is 6.99. The van der Waals surface area contributed by atoms with Crippen molar-refractivity contribution < 1.29 is 18.0 Å². The van der Waals surface area contributed by atoms with E-state index in [9.17, 15) is 18.0 Å². The highest BCUT2D eigenvalue weighted by Crippen LogP contribution is 2.43. The molecule has 1 aromatic heterocycles. The Balaban J connectivity index is 1.61. The molecule has 0 bridgehead atoms. The molecule has 0 spiro atoms. The second kappa shape index (κ2) is 9.29. The van der Waals surface area contributed by atoms with Crippen molar-refractivity contribution in [2.75, 3.05) is 37.8 Å². The molecular formula is C19H23N3O4S3. The molecular weight excluding hydrogens is 430 g/mol. The first kappa shape index (κ1) is 21.8. The van der Waals surface area contributed by atoms with Crippen LogP contribution in [0.1, 0.15) is 12.0 Å². The number of hydrogen-bond donors (Lipinski definition) is 1. The largest absolute Gasteiger partial charge is 0.355 e. The third-order valence-electron chi connectivity index (χ3n) is 4.42. The van der Waals surface area contributed by atoms with Gasteiger partial charge in [-0.05, 0) is 24.5 Å². The van der Waals surface area contributed by atoms with E-state index in [4.69, 9.17) is 0 Å². The summed E-state index contributed by atoms with van der Waals surface area (Å²) in [5, 5.41) is 2.84. The highest BCUT2D eigenvalue weighted by molar-refractivity contribution is 8.02. The van der Waals surface area contributed by atoms with E-state index in [0.29, 0.717) is 12.2 Å². The highest BCUT2D eigenvalue weighted by Gasteiger charge is 2.32. The Labute approximate surface area is 179 Å². The average molecular weight is 454 g/mol. The molecule has 0 saturated carbocycles. The Morgan fingerprint density at radius 2 is 1.97 bits per heavy atom. The number of thioether (sulfide) groups is 1. The zero-order valence-corrected chi connectivity index (χ0v) is 18.7. The van der Waals surface area contributed by atoms with Crippen LogP contribution in [0.4, 0.5) is 5.69 Å². The van der Waals surface area contributed by atoms with Crippen LogP contribution in [0.2, 0.25) is 0 Å². The second-order valence-corrected chi connectivity index (χ2v) is 11.4. The number of carbonyl (C=O) groups excluding carboxylic acids is 2. The number of aryl methyl sites for hydroxylation is 1. The molecule has 2 amide bonds. The van der Waals surface area contributed by atoms with E-state index in [0.717, 1.165) is 32.7 Å². The number of fused-ring (bicyclic) bond motifs is 1. The fourth-order valence-electron chi connectivity index (χ4n) is 2.82. The van der Waals surface area contributed by atoms with Crippen molar-refractivity contribution in [3.8, 4) is 0 Å². The van der Waals surface area contributed by atoms with E-state index in [2.05, 4.69) is 5.32 Å². The van der Waals surface area contributed by atoms with E-state index in [-0.39, 0.29) is 28.3 Å². The molecule has 29 heavy (non-hydrogen) atoms. The summed E-state index contributed by atoms with van der Waals surface area (Å²) in [5.41, 5.74) is 1.71. The van der Waals surface area contributed by atoms with Crippen LogP contribution in [0.5, 0.6) is 0 Å². The maximum absolute atomic E-state index is 12.4. The van der Waals surface area contributed by atoms with Crippen LogP contribution in [0, 0.1) is 0 Å². The van der Waals surface area contributed by atoms with Gasteiger partial charge in [0.1, 0.15) is 10.8 Å². The lowest BCUT2D eigenvalue weighted by Crippen LogP contribution is -2.43. The van der Waals surface area contributed by atoms with Crippen molar-refractivity contribution >= 4 is 50.6 Å². The molecule has 2 heterocycles. The van der Waals surface area contributed by atoms with Gasteiger partial charge in [0, 0.05) is 20.6 Å². The molecule has 1 N–H and O–H groups in total. The number of anilines is 1. The zero-order valence-electron chi connectivity index (χ0n) is 16.3. The van der Waals surface area contributed by atoms with E-state index < -0.39 is 10.0 Å². The summed E-state index contributed by atoms with van der Waals surface area (Å²) in [6, 6.07) is 11.5. The van der Waals surface area contributed by atoms with Gasteiger partial charge in [0.05, 0.1) is 15.6 Å². The molecule has 1 aliphatic heterocycles. The van der Waals surface area contributed by atoms with E-state index in [1.165, 1.54) is 42.4 Å². The molecule has 1 aromatic carbocycles.